The molecule has 0 bridgehead atoms. The number of aromatic nitrogens is 2. The maximum absolute atomic E-state index is 12.9. The molecule has 0 N–H and O–H groups in total. The summed E-state index contributed by atoms with van der Waals surface area (Å²) in [6, 6.07) is 9.10. The van der Waals surface area contributed by atoms with Crippen molar-refractivity contribution in [3.8, 4) is 17.0 Å². The Hall–Kier alpha value is -2.32. The molecule has 2 aromatic rings. The first kappa shape index (κ1) is 28.3. The zero-order chi connectivity index (χ0) is 26.5. The van der Waals surface area contributed by atoms with Gasteiger partial charge in [0.05, 0.1) is 12.8 Å². The number of benzene rings is 1. The van der Waals surface area contributed by atoms with E-state index in [4.69, 9.17) is 19.2 Å². The summed E-state index contributed by atoms with van der Waals surface area (Å²) >= 11 is 0. The number of amides is 1. The molecule has 1 saturated heterocycles. The quantitative estimate of drug-likeness (QED) is 0.277. The van der Waals surface area contributed by atoms with Crippen LogP contribution < -0.4 is 4.74 Å². The molecule has 0 spiro atoms. The van der Waals surface area contributed by atoms with Gasteiger partial charge in [-0.15, -0.1) is 0 Å². The fraction of sp³-hybridized carbons (Fsp3) is 0.643. The van der Waals surface area contributed by atoms with E-state index in [0.29, 0.717) is 25.7 Å². The number of piperidine rings is 1. The molecule has 7 nitrogen and oxygen atoms in total. The summed E-state index contributed by atoms with van der Waals surface area (Å²) < 4.78 is 19.3. The first-order valence-electron chi connectivity index (χ1n) is 13.2. The molecule has 1 amide bonds. The second-order valence-corrected chi connectivity index (χ2v) is 17.6. The van der Waals surface area contributed by atoms with Crippen LogP contribution in [0.15, 0.2) is 30.5 Å². The molecule has 1 fully saturated rings. The van der Waals surface area contributed by atoms with E-state index in [0.717, 1.165) is 48.3 Å². The molecule has 3 rings (SSSR count). The van der Waals surface area contributed by atoms with Gasteiger partial charge in [-0.2, -0.15) is 0 Å². The lowest BCUT2D eigenvalue weighted by Crippen LogP contribution is -2.45. The molecular formula is C28H45N3O4Si. The molecule has 2 atom stereocenters. The molecule has 1 aromatic heterocycles. The van der Waals surface area contributed by atoms with Crippen LogP contribution in [-0.2, 0) is 16.2 Å². The minimum atomic E-state index is -1.18. The normalized spacial score (nSPS) is 18.8. The van der Waals surface area contributed by atoms with E-state index < -0.39 is 13.7 Å². The van der Waals surface area contributed by atoms with Crippen LogP contribution in [0.25, 0.3) is 11.3 Å². The van der Waals surface area contributed by atoms with Gasteiger partial charge in [-0.25, -0.2) is 9.78 Å². The Balaban J connectivity index is 1.89. The van der Waals surface area contributed by atoms with Gasteiger partial charge < -0.3 is 23.7 Å². The van der Waals surface area contributed by atoms with Crippen molar-refractivity contribution >= 4 is 14.2 Å². The van der Waals surface area contributed by atoms with Crippen LogP contribution in [0, 0.1) is 5.92 Å². The van der Waals surface area contributed by atoms with Gasteiger partial charge in [0.15, 0.2) is 0 Å². The average Bonchev–Trinajstić information content (AvgIpc) is 3.23. The highest BCUT2D eigenvalue weighted by atomic mass is 28.3. The SMILES string of the molecule is CCC1CCN(C(=O)OC(C)(C)C)CC1c1nc(-c2ccc(OC)cc2)cn1COCC[Si](C)(C)C. The number of ether oxygens (including phenoxy) is 3. The summed E-state index contributed by atoms with van der Waals surface area (Å²) in [7, 11) is 0.495. The van der Waals surface area contributed by atoms with Gasteiger partial charge >= 0.3 is 6.09 Å². The lowest BCUT2D eigenvalue weighted by Gasteiger charge is -2.38. The number of carbonyl (C=O) groups is 1. The third-order valence-electron chi connectivity index (χ3n) is 6.68. The van der Waals surface area contributed by atoms with E-state index >= 15 is 0 Å². The van der Waals surface area contributed by atoms with E-state index in [-0.39, 0.29) is 12.0 Å². The van der Waals surface area contributed by atoms with Gasteiger partial charge in [0, 0.05) is 45.4 Å². The van der Waals surface area contributed by atoms with E-state index in [1.54, 1.807) is 7.11 Å². The number of imidazole rings is 1. The number of nitrogens with zero attached hydrogens (tertiary/aromatic N) is 3. The van der Waals surface area contributed by atoms with Crippen molar-refractivity contribution < 1.29 is 19.0 Å². The Kier molecular flexibility index (Phi) is 9.27. The van der Waals surface area contributed by atoms with Crippen LogP contribution in [-0.4, -0.2) is 61.0 Å². The molecular weight excluding hydrogens is 470 g/mol. The number of rotatable bonds is 9. The van der Waals surface area contributed by atoms with Crippen molar-refractivity contribution in [2.75, 3.05) is 26.8 Å². The summed E-state index contributed by atoms with van der Waals surface area (Å²) in [6.45, 7) is 17.6. The van der Waals surface area contributed by atoms with Crippen molar-refractivity contribution in [1.82, 2.24) is 14.5 Å². The van der Waals surface area contributed by atoms with Gasteiger partial charge in [-0.3, -0.25) is 0 Å². The molecule has 0 saturated carbocycles. The van der Waals surface area contributed by atoms with E-state index in [9.17, 15) is 4.79 Å². The summed E-state index contributed by atoms with van der Waals surface area (Å²) in [4.78, 5) is 19.9. The van der Waals surface area contributed by atoms with Crippen molar-refractivity contribution in [2.45, 2.75) is 84.5 Å². The van der Waals surface area contributed by atoms with Crippen LogP contribution in [0.2, 0.25) is 25.7 Å². The van der Waals surface area contributed by atoms with Gasteiger partial charge in [0.25, 0.3) is 0 Å². The Bertz CT molecular complexity index is 992. The molecule has 2 unspecified atom stereocenters. The molecule has 1 aliphatic rings. The molecule has 0 radical (unpaired) electrons. The van der Waals surface area contributed by atoms with Gasteiger partial charge in [-0.05, 0) is 63.4 Å². The van der Waals surface area contributed by atoms with Crippen molar-refractivity contribution in [2.24, 2.45) is 5.92 Å². The maximum atomic E-state index is 12.9. The Labute approximate surface area is 218 Å². The van der Waals surface area contributed by atoms with Crippen LogP contribution in [0.1, 0.15) is 52.3 Å². The van der Waals surface area contributed by atoms with Crippen molar-refractivity contribution in [3.63, 3.8) is 0 Å². The second kappa shape index (κ2) is 11.8. The minimum absolute atomic E-state index is 0.115. The zero-order valence-corrected chi connectivity index (χ0v) is 24.5. The van der Waals surface area contributed by atoms with Crippen LogP contribution in [0.4, 0.5) is 4.79 Å². The third-order valence-corrected chi connectivity index (χ3v) is 8.39. The first-order chi connectivity index (χ1) is 16.9. The summed E-state index contributed by atoms with van der Waals surface area (Å²) in [5.41, 5.74) is 1.43. The monoisotopic (exact) mass is 515 g/mol. The number of hydrogen-bond acceptors (Lipinski definition) is 5. The van der Waals surface area contributed by atoms with Gasteiger partial charge in [0.1, 0.15) is 23.9 Å². The van der Waals surface area contributed by atoms with Crippen molar-refractivity contribution in [3.05, 3.63) is 36.3 Å². The molecule has 1 aromatic carbocycles. The van der Waals surface area contributed by atoms with E-state index in [1.165, 1.54) is 0 Å². The Morgan fingerprint density at radius 3 is 2.44 bits per heavy atom. The topological polar surface area (TPSA) is 65.8 Å². The minimum Gasteiger partial charge on any atom is -0.497 e. The zero-order valence-electron chi connectivity index (χ0n) is 23.5. The highest BCUT2D eigenvalue weighted by Crippen LogP contribution is 2.36. The second-order valence-electron chi connectivity index (χ2n) is 12.0. The van der Waals surface area contributed by atoms with Crippen LogP contribution in [0.3, 0.4) is 0 Å². The molecule has 1 aliphatic heterocycles. The Morgan fingerprint density at radius 1 is 1.17 bits per heavy atom. The number of likely N-dealkylation sites (tertiary alicyclic amines) is 1. The number of hydrogen-bond donors (Lipinski definition) is 0. The standard InChI is InChI=1S/C28H45N3O4Si/c1-9-21-14-15-30(27(32)35-28(2,3)4)18-24(21)26-29-25(22-10-12-23(33-5)13-11-22)19-31(26)20-34-16-17-36(6,7)8/h10-13,19,21,24H,9,14-18,20H2,1-8H3. The van der Waals surface area contributed by atoms with Gasteiger partial charge in [-0.1, -0.05) is 33.0 Å². The fourth-order valence-corrected chi connectivity index (χ4v) is 5.30. The fourth-order valence-electron chi connectivity index (χ4n) is 4.55. The van der Waals surface area contributed by atoms with Gasteiger partial charge in [0.2, 0.25) is 0 Å². The molecule has 0 aliphatic carbocycles. The van der Waals surface area contributed by atoms with Crippen LogP contribution in [0.5, 0.6) is 5.75 Å². The highest BCUT2D eigenvalue weighted by molar-refractivity contribution is 6.76. The average molecular weight is 516 g/mol. The van der Waals surface area contributed by atoms with Crippen molar-refractivity contribution in [1.29, 1.82) is 0 Å². The predicted molar refractivity (Wildman–Crippen MR) is 147 cm³/mol. The Morgan fingerprint density at radius 2 is 1.86 bits per heavy atom. The largest absolute Gasteiger partial charge is 0.497 e. The smallest absolute Gasteiger partial charge is 0.410 e. The number of carbonyl (C=O) groups excluding carboxylic acids is 1. The lowest BCUT2D eigenvalue weighted by atomic mass is 9.83. The molecule has 2 heterocycles. The predicted octanol–water partition coefficient (Wildman–Crippen LogP) is 6.62. The molecule has 8 heteroatoms. The first-order valence-corrected chi connectivity index (χ1v) is 16.9. The van der Waals surface area contributed by atoms with E-state index in [1.807, 2.05) is 49.9 Å². The highest BCUT2D eigenvalue weighted by Gasteiger charge is 2.36. The lowest BCUT2D eigenvalue weighted by molar-refractivity contribution is 0.0143. The maximum Gasteiger partial charge on any atom is 0.410 e. The third kappa shape index (κ3) is 7.84. The summed E-state index contributed by atoms with van der Waals surface area (Å²) in [5.74, 6) is 2.35. The number of methoxy groups -OCH3 is 1. The van der Waals surface area contributed by atoms with E-state index in [2.05, 4.69) is 37.3 Å². The summed E-state index contributed by atoms with van der Waals surface area (Å²) in [6.07, 6.45) is 3.81. The summed E-state index contributed by atoms with van der Waals surface area (Å²) in [5, 5.41) is 0. The molecule has 36 heavy (non-hydrogen) atoms. The van der Waals surface area contributed by atoms with Crippen LogP contribution >= 0.6 is 0 Å². The molecule has 200 valence electrons.